The number of carbonyl (C=O) groups is 1. The van der Waals surface area contributed by atoms with Crippen LogP contribution in [0.15, 0.2) is 51.9 Å². The summed E-state index contributed by atoms with van der Waals surface area (Å²) >= 11 is 3.52. The molecule has 4 rings (SSSR count). The lowest BCUT2D eigenvalue weighted by Gasteiger charge is -2.13. The molecule has 124 valence electrons. The lowest BCUT2D eigenvalue weighted by Crippen LogP contribution is -2.14. The molecule has 1 aliphatic rings. The van der Waals surface area contributed by atoms with Crippen LogP contribution in [0.4, 0.5) is 4.39 Å². The van der Waals surface area contributed by atoms with E-state index in [9.17, 15) is 9.18 Å². The number of carbonyl (C=O) groups excluding carboxylic acids is 1. The van der Waals surface area contributed by atoms with E-state index in [0.29, 0.717) is 22.8 Å². The first-order chi connectivity index (χ1) is 12.1. The van der Waals surface area contributed by atoms with E-state index in [1.807, 2.05) is 28.8 Å². The summed E-state index contributed by atoms with van der Waals surface area (Å²) in [4.78, 5) is 20.7. The molecular weight excluding hydrogens is 387 g/mol. The molecule has 0 unspecified atom stereocenters. The van der Waals surface area contributed by atoms with Gasteiger partial charge in [-0.3, -0.25) is 14.4 Å². The average molecular weight is 399 g/mol. The highest BCUT2D eigenvalue weighted by molar-refractivity contribution is 9.10. The molecule has 0 fully saturated rings. The van der Waals surface area contributed by atoms with Crippen molar-refractivity contribution in [3.8, 4) is 17.1 Å². The van der Waals surface area contributed by atoms with Crippen molar-refractivity contribution in [1.82, 2.24) is 9.55 Å². The Morgan fingerprint density at radius 3 is 2.80 bits per heavy atom. The van der Waals surface area contributed by atoms with Crippen LogP contribution in [0.25, 0.3) is 17.1 Å². The van der Waals surface area contributed by atoms with Crippen molar-refractivity contribution < 1.29 is 9.18 Å². The third-order valence-corrected chi connectivity index (χ3v) is 4.71. The Labute approximate surface area is 151 Å². The van der Waals surface area contributed by atoms with Crippen LogP contribution in [0.2, 0.25) is 0 Å². The molecule has 0 saturated carbocycles. The van der Waals surface area contributed by atoms with Gasteiger partial charge in [-0.05, 0) is 24.3 Å². The van der Waals surface area contributed by atoms with E-state index in [1.165, 1.54) is 12.1 Å². The maximum absolute atomic E-state index is 13.7. The van der Waals surface area contributed by atoms with E-state index in [4.69, 9.17) is 5.73 Å². The van der Waals surface area contributed by atoms with Gasteiger partial charge in [0.05, 0.1) is 17.9 Å². The zero-order valence-electron chi connectivity index (χ0n) is 12.9. The molecule has 2 aromatic carbocycles. The number of hydrogen-bond donors (Lipinski definition) is 1. The molecule has 0 spiro atoms. The van der Waals surface area contributed by atoms with Crippen LogP contribution >= 0.6 is 15.9 Å². The minimum atomic E-state index is -0.622. The summed E-state index contributed by atoms with van der Waals surface area (Å²) in [6.07, 6.45) is 1.60. The van der Waals surface area contributed by atoms with Crippen LogP contribution in [0.5, 0.6) is 0 Å². The lowest BCUT2D eigenvalue weighted by molar-refractivity contribution is 0.0995. The smallest absolute Gasteiger partial charge is 0.269 e. The maximum Gasteiger partial charge on any atom is 0.269 e. The quantitative estimate of drug-likeness (QED) is 0.717. The number of hydrogen-bond acceptors (Lipinski definition) is 3. The molecule has 0 atom stereocenters. The van der Waals surface area contributed by atoms with Crippen molar-refractivity contribution in [3.05, 3.63) is 69.7 Å². The van der Waals surface area contributed by atoms with E-state index in [0.717, 1.165) is 10.0 Å². The summed E-state index contributed by atoms with van der Waals surface area (Å²) in [6, 6.07) is 12.0. The molecular formula is C18H12BrFN4O. The van der Waals surface area contributed by atoms with Gasteiger partial charge in [-0.15, -0.1) is 0 Å². The first kappa shape index (κ1) is 15.7. The van der Waals surface area contributed by atoms with Crippen molar-refractivity contribution in [3.63, 3.8) is 0 Å². The first-order valence-electron chi connectivity index (χ1n) is 7.52. The van der Waals surface area contributed by atoms with Crippen LogP contribution in [-0.4, -0.2) is 21.7 Å². The maximum atomic E-state index is 13.7. The van der Waals surface area contributed by atoms with E-state index in [1.54, 1.807) is 12.3 Å². The summed E-state index contributed by atoms with van der Waals surface area (Å²) in [6.45, 7) is 0.228. The minimum Gasteiger partial charge on any atom is -0.364 e. The SMILES string of the molecule is NC(=O)c1nc(-c2ccccc2Br)n2c1CN=Cc1cc(F)ccc1-2. The van der Waals surface area contributed by atoms with Gasteiger partial charge >= 0.3 is 0 Å². The van der Waals surface area contributed by atoms with E-state index in [2.05, 4.69) is 25.9 Å². The van der Waals surface area contributed by atoms with Crippen LogP contribution in [0.1, 0.15) is 21.7 Å². The van der Waals surface area contributed by atoms with Gasteiger partial charge in [0.25, 0.3) is 5.91 Å². The van der Waals surface area contributed by atoms with Gasteiger partial charge < -0.3 is 5.73 Å². The monoisotopic (exact) mass is 398 g/mol. The molecule has 0 aliphatic carbocycles. The Hall–Kier alpha value is -2.80. The van der Waals surface area contributed by atoms with Crippen LogP contribution in [-0.2, 0) is 6.54 Å². The third kappa shape index (κ3) is 2.56. The Morgan fingerprint density at radius 1 is 1.24 bits per heavy atom. The molecule has 1 amide bonds. The fourth-order valence-electron chi connectivity index (χ4n) is 2.94. The molecule has 5 nitrogen and oxygen atoms in total. The molecule has 0 radical (unpaired) electrons. The molecule has 3 aromatic rings. The van der Waals surface area contributed by atoms with Crippen molar-refractivity contribution in [2.75, 3.05) is 0 Å². The van der Waals surface area contributed by atoms with Gasteiger partial charge in [-0.25, -0.2) is 9.37 Å². The summed E-state index contributed by atoms with van der Waals surface area (Å²) < 4.78 is 16.3. The fourth-order valence-corrected chi connectivity index (χ4v) is 3.40. The number of nitrogens with zero attached hydrogens (tertiary/aromatic N) is 3. The molecule has 2 N–H and O–H groups in total. The van der Waals surface area contributed by atoms with Crippen molar-refractivity contribution in [2.45, 2.75) is 6.54 Å². The Morgan fingerprint density at radius 2 is 2.04 bits per heavy atom. The van der Waals surface area contributed by atoms with Gasteiger partial charge in [-0.1, -0.05) is 34.1 Å². The Kier molecular flexibility index (Phi) is 3.73. The topological polar surface area (TPSA) is 73.3 Å². The zero-order valence-corrected chi connectivity index (χ0v) is 14.5. The van der Waals surface area contributed by atoms with Gasteiger partial charge in [0.1, 0.15) is 11.6 Å². The van der Waals surface area contributed by atoms with Crippen LogP contribution < -0.4 is 5.73 Å². The summed E-state index contributed by atoms with van der Waals surface area (Å²) in [7, 11) is 0. The Balaban J connectivity index is 2.09. The average Bonchev–Trinajstić information content (AvgIpc) is 2.85. The van der Waals surface area contributed by atoms with Crippen molar-refractivity contribution in [2.24, 2.45) is 10.7 Å². The molecule has 7 heteroatoms. The highest BCUT2D eigenvalue weighted by Gasteiger charge is 2.25. The molecule has 25 heavy (non-hydrogen) atoms. The number of amides is 1. The second-order valence-electron chi connectivity index (χ2n) is 5.58. The molecule has 0 bridgehead atoms. The van der Waals surface area contributed by atoms with Crippen molar-refractivity contribution >= 4 is 28.1 Å². The molecule has 1 aliphatic heterocycles. The number of primary amides is 1. The predicted octanol–water partition coefficient (Wildman–Crippen LogP) is 3.47. The van der Waals surface area contributed by atoms with Gasteiger partial charge in [0.15, 0.2) is 5.69 Å². The van der Waals surface area contributed by atoms with Gasteiger partial charge in [0, 0.05) is 21.8 Å². The minimum absolute atomic E-state index is 0.167. The van der Waals surface area contributed by atoms with Crippen LogP contribution in [0.3, 0.4) is 0 Å². The highest BCUT2D eigenvalue weighted by atomic mass is 79.9. The molecule has 1 aromatic heterocycles. The van der Waals surface area contributed by atoms with Crippen molar-refractivity contribution in [1.29, 1.82) is 0 Å². The first-order valence-corrected chi connectivity index (χ1v) is 8.31. The summed E-state index contributed by atoms with van der Waals surface area (Å²) in [5, 5.41) is 0. The number of nitrogens with two attached hydrogens (primary N) is 1. The highest BCUT2D eigenvalue weighted by Crippen LogP contribution is 2.33. The summed E-state index contributed by atoms with van der Waals surface area (Å²) in [5.41, 5.74) is 8.38. The molecule has 2 heterocycles. The second-order valence-corrected chi connectivity index (χ2v) is 6.44. The normalized spacial score (nSPS) is 12.4. The van der Waals surface area contributed by atoms with E-state index < -0.39 is 5.91 Å². The van der Waals surface area contributed by atoms with Gasteiger partial charge in [0.2, 0.25) is 0 Å². The largest absolute Gasteiger partial charge is 0.364 e. The van der Waals surface area contributed by atoms with E-state index >= 15 is 0 Å². The number of halogens is 2. The fraction of sp³-hybridized carbons (Fsp3) is 0.0556. The third-order valence-electron chi connectivity index (χ3n) is 4.02. The zero-order chi connectivity index (χ0) is 17.6. The predicted molar refractivity (Wildman–Crippen MR) is 96.5 cm³/mol. The number of benzene rings is 2. The number of aromatic nitrogens is 2. The Bertz CT molecular complexity index is 1040. The van der Waals surface area contributed by atoms with E-state index in [-0.39, 0.29) is 18.1 Å². The number of imidazole rings is 1. The number of fused-ring (bicyclic) bond motifs is 3. The van der Waals surface area contributed by atoms with Crippen LogP contribution in [0, 0.1) is 5.82 Å². The van der Waals surface area contributed by atoms with Gasteiger partial charge in [-0.2, -0.15) is 0 Å². The summed E-state index contributed by atoms with van der Waals surface area (Å²) in [5.74, 6) is -0.427. The second kappa shape index (κ2) is 5.93. The number of rotatable bonds is 2. The molecule has 0 saturated heterocycles. The number of aliphatic imine (C=N–C) groups is 1. The lowest BCUT2D eigenvalue weighted by atomic mass is 10.1. The standard InChI is InChI=1S/C18H12BrFN4O/c19-13-4-2-1-3-12(13)18-23-16(17(21)25)15-9-22-8-10-7-11(20)5-6-14(10)24(15)18/h1-8H,9H2,(H2,21,25).